The molecule has 1 aromatic rings. The first-order valence-corrected chi connectivity index (χ1v) is 6.94. The fourth-order valence-corrected chi connectivity index (χ4v) is 2.38. The van der Waals surface area contributed by atoms with Gasteiger partial charge in [-0.15, -0.1) is 0 Å². The molecule has 108 valence electrons. The molecule has 1 N–H and O–H groups in total. The molecule has 0 aromatic heterocycles. The smallest absolute Gasteiger partial charge is 0.323 e. The standard InChI is InChI=1S/C14H17ClN2O3/c1-2-17-7-8-20-14(19)12(17)9-13(18)16-11-6-4-3-5-10(11)15/h3-6,12H,2,7-9H2,1H3,(H,16,18)/t12-/m1/s1. The fourth-order valence-electron chi connectivity index (χ4n) is 2.19. The van der Waals surface area contributed by atoms with Gasteiger partial charge in [-0.05, 0) is 18.7 Å². The number of amides is 1. The monoisotopic (exact) mass is 296 g/mol. The molecule has 0 aliphatic carbocycles. The van der Waals surface area contributed by atoms with Crippen LogP contribution in [0.5, 0.6) is 0 Å². The predicted molar refractivity (Wildman–Crippen MR) is 76.7 cm³/mol. The molecule has 1 amide bonds. The van der Waals surface area contributed by atoms with Gasteiger partial charge in [-0.1, -0.05) is 30.7 Å². The van der Waals surface area contributed by atoms with Gasteiger partial charge in [-0.2, -0.15) is 0 Å². The molecule has 1 fully saturated rings. The Bertz CT molecular complexity index is 507. The summed E-state index contributed by atoms with van der Waals surface area (Å²) < 4.78 is 5.01. The molecule has 20 heavy (non-hydrogen) atoms. The molecule has 1 heterocycles. The van der Waals surface area contributed by atoms with Crippen LogP contribution in [-0.4, -0.2) is 42.5 Å². The number of nitrogens with zero attached hydrogens (tertiary/aromatic N) is 1. The minimum atomic E-state index is -0.517. The maximum atomic E-state index is 12.0. The van der Waals surface area contributed by atoms with Gasteiger partial charge < -0.3 is 10.1 Å². The number of nitrogens with one attached hydrogen (secondary N) is 1. The average Bonchev–Trinajstić information content (AvgIpc) is 2.43. The number of hydrogen-bond donors (Lipinski definition) is 1. The molecule has 5 nitrogen and oxygen atoms in total. The van der Waals surface area contributed by atoms with Crippen LogP contribution in [0.1, 0.15) is 13.3 Å². The van der Waals surface area contributed by atoms with Crippen LogP contribution in [0.25, 0.3) is 0 Å². The maximum absolute atomic E-state index is 12.0. The van der Waals surface area contributed by atoms with Crippen molar-refractivity contribution in [2.24, 2.45) is 0 Å². The Balaban J connectivity index is 2.00. The third kappa shape index (κ3) is 3.49. The number of rotatable bonds is 4. The van der Waals surface area contributed by atoms with Crippen molar-refractivity contribution in [2.45, 2.75) is 19.4 Å². The Morgan fingerprint density at radius 2 is 2.25 bits per heavy atom. The van der Waals surface area contributed by atoms with Crippen LogP contribution in [0, 0.1) is 0 Å². The summed E-state index contributed by atoms with van der Waals surface area (Å²) in [5, 5.41) is 3.19. The molecule has 1 aliphatic rings. The second-order valence-electron chi connectivity index (χ2n) is 4.54. The van der Waals surface area contributed by atoms with E-state index in [-0.39, 0.29) is 18.3 Å². The van der Waals surface area contributed by atoms with Gasteiger partial charge in [0.25, 0.3) is 0 Å². The van der Waals surface area contributed by atoms with Crippen molar-refractivity contribution < 1.29 is 14.3 Å². The van der Waals surface area contributed by atoms with Crippen LogP contribution >= 0.6 is 11.6 Å². The molecule has 1 aromatic carbocycles. The zero-order chi connectivity index (χ0) is 14.5. The number of benzene rings is 1. The third-order valence-electron chi connectivity index (χ3n) is 3.27. The summed E-state index contributed by atoms with van der Waals surface area (Å²) in [5.74, 6) is -0.590. The summed E-state index contributed by atoms with van der Waals surface area (Å²) in [6.45, 7) is 3.71. The Morgan fingerprint density at radius 1 is 1.50 bits per heavy atom. The first-order valence-electron chi connectivity index (χ1n) is 6.57. The van der Waals surface area contributed by atoms with E-state index < -0.39 is 6.04 Å². The van der Waals surface area contributed by atoms with Crippen molar-refractivity contribution in [3.05, 3.63) is 29.3 Å². The number of carbonyl (C=O) groups is 2. The lowest BCUT2D eigenvalue weighted by molar-refractivity contribution is -0.158. The molecule has 0 unspecified atom stereocenters. The predicted octanol–water partition coefficient (Wildman–Crippen LogP) is 1.92. The summed E-state index contributed by atoms with van der Waals surface area (Å²) in [7, 11) is 0. The second-order valence-corrected chi connectivity index (χ2v) is 4.95. The van der Waals surface area contributed by atoms with E-state index in [9.17, 15) is 9.59 Å². The van der Waals surface area contributed by atoms with E-state index in [4.69, 9.17) is 16.3 Å². The molecule has 0 spiro atoms. The number of para-hydroxylation sites is 1. The largest absolute Gasteiger partial charge is 0.463 e. The molecule has 1 aliphatic heterocycles. The molecular weight excluding hydrogens is 280 g/mol. The van der Waals surface area contributed by atoms with E-state index in [1.807, 2.05) is 11.8 Å². The van der Waals surface area contributed by atoms with E-state index in [0.717, 1.165) is 0 Å². The summed E-state index contributed by atoms with van der Waals surface area (Å²) in [5.41, 5.74) is 0.548. The van der Waals surface area contributed by atoms with E-state index in [1.165, 1.54) is 0 Å². The van der Waals surface area contributed by atoms with Gasteiger partial charge in [0, 0.05) is 6.54 Å². The number of ether oxygens (including phenoxy) is 1. The minimum Gasteiger partial charge on any atom is -0.463 e. The SMILES string of the molecule is CCN1CCOC(=O)[C@H]1CC(=O)Nc1ccccc1Cl. The summed E-state index contributed by atoms with van der Waals surface area (Å²) in [6, 6.07) is 6.47. The van der Waals surface area contributed by atoms with Crippen LogP contribution in [0.2, 0.25) is 5.02 Å². The van der Waals surface area contributed by atoms with Gasteiger partial charge in [0.2, 0.25) is 5.91 Å². The van der Waals surface area contributed by atoms with E-state index >= 15 is 0 Å². The molecule has 1 saturated heterocycles. The molecule has 0 bridgehead atoms. The van der Waals surface area contributed by atoms with Crippen LogP contribution < -0.4 is 5.32 Å². The van der Waals surface area contributed by atoms with Crippen molar-refractivity contribution in [1.82, 2.24) is 4.90 Å². The minimum absolute atomic E-state index is 0.0674. The zero-order valence-corrected chi connectivity index (χ0v) is 12.0. The molecular formula is C14H17ClN2O3. The number of halogens is 1. The number of likely N-dealkylation sites (N-methyl/N-ethyl adjacent to an activating group) is 1. The number of carbonyl (C=O) groups excluding carboxylic acids is 2. The quantitative estimate of drug-likeness (QED) is 0.863. The van der Waals surface area contributed by atoms with E-state index in [2.05, 4.69) is 5.32 Å². The number of esters is 1. The fraction of sp³-hybridized carbons (Fsp3) is 0.429. The number of cyclic esters (lactones) is 1. The van der Waals surface area contributed by atoms with Crippen molar-refractivity contribution >= 4 is 29.2 Å². The van der Waals surface area contributed by atoms with Gasteiger partial charge in [0.15, 0.2) is 0 Å². The van der Waals surface area contributed by atoms with Crippen molar-refractivity contribution in [3.8, 4) is 0 Å². The summed E-state index contributed by atoms with van der Waals surface area (Å²) in [6.07, 6.45) is 0.0674. The molecule has 0 radical (unpaired) electrons. The van der Waals surface area contributed by atoms with Gasteiger partial charge in [-0.25, -0.2) is 0 Å². The van der Waals surface area contributed by atoms with Crippen LogP contribution in [0.15, 0.2) is 24.3 Å². The van der Waals surface area contributed by atoms with Gasteiger partial charge >= 0.3 is 5.97 Å². The number of morpholine rings is 1. The van der Waals surface area contributed by atoms with Crippen LogP contribution in [0.3, 0.4) is 0 Å². The normalized spacial score (nSPS) is 19.5. The highest BCUT2D eigenvalue weighted by Crippen LogP contribution is 2.21. The summed E-state index contributed by atoms with van der Waals surface area (Å²) >= 11 is 5.98. The first-order chi connectivity index (χ1) is 9.61. The van der Waals surface area contributed by atoms with Crippen molar-refractivity contribution in [1.29, 1.82) is 0 Å². The van der Waals surface area contributed by atoms with Crippen LogP contribution in [-0.2, 0) is 14.3 Å². The van der Waals surface area contributed by atoms with Gasteiger partial charge in [0.05, 0.1) is 17.1 Å². The Morgan fingerprint density at radius 3 is 2.95 bits per heavy atom. The van der Waals surface area contributed by atoms with E-state index in [0.29, 0.717) is 30.4 Å². The Kier molecular flexibility index (Phi) is 4.98. The highest BCUT2D eigenvalue weighted by molar-refractivity contribution is 6.33. The van der Waals surface area contributed by atoms with Gasteiger partial charge in [0.1, 0.15) is 12.6 Å². The second kappa shape index (κ2) is 6.72. The van der Waals surface area contributed by atoms with E-state index in [1.54, 1.807) is 24.3 Å². The lowest BCUT2D eigenvalue weighted by atomic mass is 10.1. The first kappa shape index (κ1) is 14.8. The topological polar surface area (TPSA) is 58.6 Å². The molecule has 1 atom stereocenters. The third-order valence-corrected chi connectivity index (χ3v) is 3.60. The average molecular weight is 297 g/mol. The highest BCUT2D eigenvalue weighted by Gasteiger charge is 2.32. The lowest BCUT2D eigenvalue weighted by Gasteiger charge is -2.32. The van der Waals surface area contributed by atoms with Crippen LogP contribution in [0.4, 0.5) is 5.69 Å². The Labute approximate surface area is 122 Å². The number of anilines is 1. The van der Waals surface area contributed by atoms with Gasteiger partial charge in [-0.3, -0.25) is 14.5 Å². The highest BCUT2D eigenvalue weighted by atomic mass is 35.5. The molecule has 2 rings (SSSR count). The molecule has 0 saturated carbocycles. The Hall–Kier alpha value is -1.59. The van der Waals surface area contributed by atoms with Crippen molar-refractivity contribution in [3.63, 3.8) is 0 Å². The molecule has 6 heteroatoms. The number of hydrogen-bond acceptors (Lipinski definition) is 4. The zero-order valence-electron chi connectivity index (χ0n) is 11.3. The summed E-state index contributed by atoms with van der Waals surface area (Å²) in [4.78, 5) is 25.7. The van der Waals surface area contributed by atoms with Crippen molar-refractivity contribution in [2.75, 3.05) is 25.0 Å². The lowest BCUT2D eigenvalue weighted by Crippen LogP contribution is -2.50. The maximum Gasteiger partial charge on any atom is 0.323 e.